The highest BCUT2D eigenvalue weighted by atomic mass is 16.4. The van der Waals surface area contributed by atoms with Crippen LogP contribution in [-0.4, -0.2) is 23.0 Å². The van der Waals surface area contributed by atoms with Crippen molar-refractivity contribution in [2.45, 2.75) is 32.7 Å². The molecule has 1 rings (SSSR count). The van der Waals surface area contributed by atoms with Crippen molar-refractivity contribution >= 4 is 11.9 Å². The van der Waals surface area contributed by atoms with Crippen molar-refractivity contribution in [1.29, 1.82) is 5.26 Å². The maximum atomic E-state index is 12.0. The molecular weight excluding hydrogens is 244 g/mol. The number of aliphatic carboxylic acids is 1. The molecule has 0 radical (unpaired) electrons. The third-order valence-corrected chi connectivity index (χ3v) is 2.63. The van der Waals surface area contributed by atoms with Crippen LogP contribution in [0, 0.1) is 25.2 Å². The van der Waals surface area contributed by atoms with Gasteiger partial charge in [-0.25, -0.2) is 4.79 Å². The first-order valence-electron chi connectivity index (χ1n) is 5.93. The first-order valence-corrected chi connectivity index (χ1v) is 5.93. The Bertz CT molecular complexity index is 512. The highest BCUT2D eigenvalue weighted by Gasteiger charge is 2.20. The number of nitriles is 1. The minimum Gasteiger partial charge on any atom is -0.480 e. The average Bonchev–Trinajstić information content (AvgIpc) is 2.32. The van der Waals surface area contributed by atoms with Crippen LogP contribution in [0.1, 0.15) is 34.3 Å². The number of benzene rings is 1. The smallest absolute Gasteiger partial charge is 0.326 e. The normalized spacial score (nSPS) is 11.4. The summed E-state index contributed by atoms with van der Waals surface area (Å²) in [5, 5.41) is 19.9. The van der Waals surface area contributed by atoms with Gasteiger partial charge in [-0.3, -0.25) is 4.79 Å². The zero-order valence-corrected chi connectivity index (χ0v) is 10.9. The van der Waals surface area contributed by atoms with E-state index in [0.717, 1.165) is 11.1 Å². The summed E-state index contributed by atoms with van der Waals surface area (Å²) in [6.45, 7) is 3.74. The summed E-state index contributed by atoms with van der Waals surface area (Å²) in [6, 6.07) is 6.17. The number of aryl methyl sites for hydroxylation is 2. The molecular formula is C14H16N2O3. The summed E-state index contributed by atoms with van der Waals surface area (Å²) in [5.74, 6) is -1.56. The molecule has 0 saturated heterocycles. The standard InChI is InChI=1S/C14H16N2O3/c1-9-6-10(2)8-11(7-9)13(17)16-12(14(18)19)4-3-5-15/h6-8,12H,3-4H2,1-2H3,(H,16,17)(H,18,19)/t12-/m1/s1. The SMILES string of the molecule is Cc1cc(C)cc(C(=O)N[C@H](CCC#N)C(=O)O)c1. The molecule has 0 aliphatic heterocycles. The number of nitrogens with zero attached hydrogens (tertiary/aromatic N) is 1. The van der Waals surface area contributed by atoms with Gasteiger partial charge in [-0.2, -0.15) is 5.26 Å². The number of rotatable bonds is 5. The Balaban J connectivity index is 2.82. The molecule has 0 saturated carbocycles. The molecule has 0 aromatic heterocycles. The maximum Gasteiger partial charge on any atom is 0.326 e. The predicted octanol–water partition coefficient (Wildman–Crippen LogP) is 1.79. The van der Waals surface area contributed by atoms with E-state index in [2.05, 4.69) is 5.32 Å². The van der Waals surface area contributed by atoms with Crippen molar-refractivity contribution in [3.63, 3.8) is 0 Å². The number of nitrogens with one attached hydrogen (secondary N) is 1. The Kier molecular flexibility index (Phi) is 5.07. The fraction of sp³-hybridized carbons (Fsp3) is 0.357. The van der Waals surface area contributed by atoms with Crippen LogP contribution in [-0.2, 0) is 4.79 Å². The fourth-order valence-electron chi connectivity index (χ4n) is 1.81. The molecule has 2 N–H and O–H groups in total. The van der Waals surface area contributed by atoms with Crippen molar-refractivity contribution in [1.82, 2.24) is 5.32 Å². The van der Waals surface area contributed by atoms with Crippen molar-refractivity contribution in [3.05, 3.63) is 34.9 Å². The van der Waals surface area contributed by atoms with Crippen molar-refractivity contribution in [2.75, 3.05) is 0 Å². The van der Waals surface area contributed by atoms with E-state index in [1.54, 1.807) is 12.1 Å². The van der Waals surface area contributed by atoms with Gasteiger partial charge in [0, 0.05) is 12.0 Å². The van der Waals surface area contributed by atoms with E-state index in [1.807, 2.05) is 26.0 Å². The van der Waals surface area contributed by atoms with Gasteiger partial charge in [-0.1, -0.05) is 17.2 Å². The molecule has 0 aliphatic rings. The number of carboxylic acid groups (broad SMARTS) is 1. The maximum absolute atomic E-state index is 12.0. The molecule has 0 fully saturated rings. The number of hydrogen-bond acceptors (Lipinski definition) is 3. The number of carbonyl (C=O) groups is 2. The number of carboxylic acids is 1. The molecule has 0 unspecified atom stereocenters. The van der Waals surface area contributed by atoms with Crippen LogP contribution in [0.3, 0.4) is 0 Å². The lowest BCUT2D eigenvalue weighted by atomic mass is 10.1. The number of amides is 1. The van der Waals surface area contributed by atoms with Crippen molar-refractivity contribution in [3.8, 4) is 6.07 Å². The molecule has 100 valence electrons. The second-order valence-electron chi connectivity index (χ2n) is 4.44. The van der Waals surface area contributed by atoms with E-state index < -0.39 is 17.9 Å². The summed E-state index contributed by atoms with van der Waals surface area (Å²) in [5.41, 5.74) is 2.31. The van der Waals surface area contributed by atoms with E-state index in [1.165, 1.54) is 0 Å². The topological polar surface area (TPSA) is 90.2 Å². The lowest BCUT2D eigenvalue weighted by molar-refractivity contribution is -0.139. The second-order valence-corrected chi connectivity index (χ2v) is 4.44. The van der Waals surface area contributed by atoms with Crippen LogP contribution < -0.4 is 5.32 Å². The molecule has 1 amide bonds. The largest absolute Gasteiger partial charge is 0.480 e. The Morgan fingerprint density at radius 3 is 2.37 bits per heavy atom. The van der Waals surface area contributed by atoms with E-state index in [9.17, 15) is 9.59 Å². The van der Waals surface area contributed by atoms with Gasteiger partial charge in [0.25, 0.3) is 5.91 Å². The molecule has 0 spiro atoms. The molecule has 0 heterocycles. The zero-order valence-electron chi connectivity index (χ0n) is 10.9. The third-order valence-electron chi connectivity index (χ3n) is 2.63. The minimum absolute atomic E-state index is 0.0874. The summed E-state index contributed by atoms with van der Waals surface area (Å²) in [4.78, 5) is 23.0. The van der Waals surface area contributed by atoms with Gasteiger partial charge >= 0.3 is 5.97 Å². The van der Waals surface area contributed by atoms with Crippen LogP contribution in [0.4, 0.5) is 0 Å². The van der Waals surface area contributed by atoms with E-state index in [4.69, 9.17) is 10.4 Å². The van der Waals surface area contributed by atoms with Gasteiger partial charge in [0.15, 0.2) is 0 Å². The van der Waals surface area contributed by atoms with Crippen LogP contribution >= 0.6 is 0 Å². The quantitative estimate of drug-likeness (QED) is 0.844. The van der Waals surface area contributed by atoms with Crippen molar-refractivity contribution in [2.24, 2.45) is 0 Å². The van der Waals surface area contributed by atoms with Gasteiger partial charge in [-0.15, -0.1) is 0 Å². The fourth-order valence-corrected chi connectivity index (χ4v) is 1.81. The molecule has 0 bridgehead atoms. The predicted molar refractivity (Wildman–Crippen MR) is 69.7 cm³/mol. The van der Waals surface area contributed by atoms with E-state index >= 15 is 0 Å². The van der Waals surface area contributed by atoms with Crippen LogP contribution in [0.25, 0.3) is 0 Å². The molecule has 1 atom stereocenters. The lowest BCUT2D eigenvalue weighted by Crippen LogP contribution is -2.40. The van der Waals surface area contributed by atoms with Gasteiger partial charge in [0.1, 0.15) is 6.04 Å². The van der Waals surface area contributed by atoms with Gasteiger partial charge in [-0.05, 0) is 32.4 Å². The minimum atomic E-state index is -1.13. The molecule has 19 heavy (non-hydrogen) atoms. The van der Waals surface area contributed by atoms with Crippen LogP contribution in [0.5, 0.6) is 0 Å². The van der Waals surface area contributed by atoms with E-state index in [-0.39, 0.29) is 12.8 Å². The monoisotopic (exact) mass is 260 g/mol. The van der Waals surface area contributed by atoms with Crippen molar-refractivity contribution < 1.29 is 14.7 Å². The summed E-state index contributed by atoms with van der Waals surface area (Å²) in [6.07, 6.45) is 0.187. The van der Waals surface area contributed by atoms with Gasteiger partial charge in [0.05, 0.1) is 6.07 Å². The molecule has 1 aromatic rings. The number of hydrogen-bond donors (Lipinski definition) is 2. The van der Waals surface area contributed by atoms with Gasteiger partial charge in [0.2, 0.25) is 0 Å². The van der Waals surface area contributed by atoms with Gasteiger partial charge < -0.3 is 10.4 Å². The Labute approximate surface area is 111 Å². The summed E-state index contributed by atoms with van der Waals surface area (Å²) < 4.78 is 0. The first-order chi connectivity index (χ1) is 8.93. The highest BCUT2D eigenvalue weighted by Crippen LogP contribution is 2.09. The average molecular weight is 260 g/mol. The summed E-state index contributed by atoms with van der Waals surface area (Å²) in [7, 11) is 0. The second kappa shape index (κ2) is 6.55. The Morgan fingerprint density at radius 2 is 1.89 bits per heavy atom. The lowest BCUT2D eigenvalue weighted by Gasteiger charge is -2.13. The zero-order chi connectivity index (χ0) is 14.4. The molecule has 5 heteroatoms. The van der Waals surface area contributed by atoms with Crippen LogP contribution in [0.15, 0.2) is 18.2 Å². The highest BCUT2D eigenvalue weighted by molar-refractivity contribution is 5.96. The Morgan fingerprint density at radius 1 is 1.32 bits per heavy atom. The first kappa shape index (κ1) is 14.7. The molecule has 5 nitrogen and oxygen atoms in total. The van der Waals surface area contributed by atoms with Crippen LogP contribution in [0.2, 0.25) is 0 Å². The number of carbonyl (C=O) groups excluding carboxylic acids is 1. The molecule has 1 aromatic carbocycles. The Hall–Kier alpha value is -2.35. The summed E-state index contributed by atoms with van der Waals surface area (Å²) >= 11 is 0. The third kappa shape index (κ3) is 4.43. The van der Waals surface area contributed by atoms with E-state index in [0.29, 0.717) is 5.56 Å². The molecule has 0 aliphatic carbocycles.